The molecule has 1 aliphatic rings. The van der Waals surface area contributed by atoms with Gasteiger partial charge in [-0.2, -0.15) is 0 Å². The smallest absolute Gasteiger partial charge is 0.0319 e. The van der Waals surface area contributed by atoms with Crippen LogP contribution in [0.3, 0.4) is 0 Å². The average Bonchev–Trinajstić information content (AvgIpc) is 2.78. The van der Waals surface area contributed by atoms with Crippen molar-refractivity contribution in [3.63, 3.8) is 0 Å². The highest BCUT2D eigenvalue weighted by Gasteiger charge is 2.25. The first kappa shape index (κ1) is 10.7. The van der Waals surface area contributed by atoms with E-state index in [-0.39, 0.29) is 0 Å². The predicted molar refractivity (Wildman–Crippen MR) is 64.8 cm³/mol. The van der Waals surface area contributed by atoms with Gasteiger partial charge in [0.2, 0.25) is 0 Å². The molecule has 1 aliphatic heterocycles. The fraction of sp³-hybridized carbons (Fsp3) is 0.571. The Morgan fingerprint density at radius 1 is 1.33 bits per heavy atom. The molecule has 82 valence electrons. The van der Waals surface area contributed by atoms with Gasteiger partial charge in [-0.3, -0.25) is 4.90 Å². The lowest BCUT2D eigenvalue weighted by molar-refractivity contribution is 0.252. The molecule has 0 aromatic heterocycles. The van der Waals surface area contributed by atoms with E-state index < -0.39 is 0 Å². The highest BCUT2D eigenvalue weighted by atomic mass is 15.2. The second-order valence-corrected chi connectivity index (χ2v) is 4.64. The van der Waals surface area contributed by atoms with E-state index in [2.05, 4.69) is 49.1 Å². The lowest BCUT2D eigenvalue weighted by Crippen LogP contribution is -2.24. The van der Waals surface area contributed by atoms with Gasteiger partial charge in [0, 0.05) is 12.6 Å². The van der Waals surface area contributed by atoms with Crippen molar-refractivity contribution in [3.05, 3.63) is 35.9 Å². The Morgan fingerprint density at radius 3 is 2.67 bits per heavy atom. The summed E-state index contributed by atoms with van der Waals surface area (Å²) in [5.74, 6) is 0.927. The highest BCUT2D eigenvalue weighted by molar-refractivity contribution is 5.18. The van der Waals surface area contributed by atoms with Crippen molar-refractivity contribution >= 4 is 0 Å². The Hall–Kier alpha value is -0.820. The Bertz CT molecular complexity index is 293. The monoisotopic (exact) mass is 203 g/mol. The average molecular weight is 203 g/mol. The summed E-state index contributed by atoms with van der Waals surface area (Å²) in [5, 5.41) is 0. The molecule has 1 aromatic carbocycles. The normalized spacial score (nSPS) is 24.3. The first-order valence-corrected chi connectivity index (χ1v) is 6.10. The van der Waals surface area contributed by atoms with E-state index in [1.54, 1.807) is 0 Å². The van der Waals surface area contributed by atoms with Gasteiger partial charge in [0.05, 0.1) is 0 Å². The number of benzene rings is 1. The summed E-state index contributed by atoms with van der Waals surface area (Å²) in [6.45, 7) is 7.19. The zero-order valence-corrected chi connectivity index (χ0v) is 9.82. The van der Waals surface area contributed by atoms with Gasteiger partial charge < -0.3 is 0 Å². The minimum Gasteiger partial charge on any atom is -0.296 e. The topological polar surface area (TPSA) is 3.24 Å². The zero-order chi connectivity index (χ0) is 10.7. The van der Waals surface area contributed by atoms with Crippen LogP contribution in [-0.4, -0.2) is 18.0 Å². The Morgan fingerprint density at radius 2 is 2.07 bits per heavy atom. The third kappa shape index (κ3) is 2.40. The Labute approximate surface area is 93.1 Å². The van der Waals surface area contributed by atoms with Crippen molar-refractivity contribution in [2.45, 2.75) is 32.7 Å². The summed E-state index contributed by atoms with van der Waals surface area (Å²) >= 11 is 0. The van der Waals surface area contributed by atoms with E-state index in [0.29, 0.717) is 6.04 Å². The second-order valence-electron chi connectivity index (χ2n) is 4.64. The number of nitrogens with zero attached hydrogens (tertiary/aromatic N) is 1. The van der Waals surface area contributed by atoms with E-state index in [9.17, 15) is 0 Å². The fourth-order valence-electron chi connectivity index (χ4n) is 2.49. The van der Waals surface area contributed by atoms with Crippen molar-refractivity contribution in [3.8, 4) is 0 Å². The molecule has 0 spiro atoms. The van der Waals surface area contributed by atoms with Crippen LogP contribution in [0.5, 0.6) is 0 Å². The maximum Gasteiger partial charge on any atom is 0.0319 e. The summed E-state index contributed by atoms with van der Waals surface area (Å²) in [7, 11) is 0. The van der Waals surface area contributed by atoms with Crippen molar-refractivity contribution in [2.75, 3.05) is 13.1 Å². The van der Waals surface area contributed by atoms with Gasteiger partial charge in [0.15, 0.2) is 0 Å². The maximum atomic E-state index is 2.61. The summed E-state index contributed by atoms with van der Waals surface area (Å²) in [4.78, 5) is 2.61. The molecular formula is C14H21N. The second kappa shape index (κ2) is 4.80. The first-order chi connectivity index (χ1) is 7.31. The minimum atomic E-state index is 0.586. The van der Waals surface area contributed by atoms with Crippen molar-refractivity contribution in [2.24, 2.45) is 5.92 Å². The molecule has 1 aromatic rings. The molecule has 0 N–H and O–H groups in total. The third-order valence-corrected chi connectivity index (χ3v) is 3.72. The zero-order valence-electron chi connectivity index (χ0n) is 9.82. The molecule has 0 saturated carbocycles. The van der Waals surface area contributed by atoms with Gasteiger partial charge in [0.1, 0.15) is 0 Å². The molecule has 15 heavy (non-hydrogen) atoms. The van der Waals surface area contributed by atoms with Crippen molar-refractivity contribution < 1.29 is 0 Å². The summed E-state index contributed by atoms with van der Waals surface area (Å²) in [6, 6.07) is 11.4. The van der Waals surface area contributed by atoms with Gasteiger partial charge in [-0.15, -0.1) is 0 Å². The molecule has 1 heteroatoms. The predicted octanol–water partition coefficient (Wildman–Crippen LogP) is 3.48. The molecular weight excluding hydrogens is 182 g/mol. The summed E-state index contributed by atoms with van der Waals surface area (Å²) in [6.07, 6.45) is 2.71. The van der Waals surface area contributed by atoms with E-state index in [0.717, 1.165) is 5.92 Å². The Balaban J connectivity index is 2.00. The fourth-order valence-corrected chi connectivity index (χ4v) is 2.49. The molecule has 1 heterocycles. The van der Waals surface area contributed by atoms with Crippen LogP contribution in [0.25, 0.3) is 0 Å². The molecule has 0 amide bonds. The largest absolute Gasteiger partial charge is 0.296 e. The first-order valence-electron chi connectivity index (χ1n) is 6.10. The number of rotatable bonds is 3. The van der Waals surface area contributed by atoms with E-state index >= 15 is 0 Å². The van der Waals surface area contributed by atoms with Crippen LogP contribution in [0.15, 0.2) is 30.3 Å². The van der Waals surface area contributed by atoms with E-state index in [4.69, 9.17) is 0 Å². The lowest BCUT2D eigenvalue weighted by Gasteiger charge is -2.24. The van der Waals surface area contributed by atoms with Gasteiger partial charge >= 0.3 is 0 Å². The molecule has 1 fully saturated rings. The van der Waals surface area contributed by atoms with Crippen LogP contribution < -0.4 is 0 Å². The van der Waals surface area contributed by atoms with Crippen LogP contribution in [0.2, 0.25) is 0 Å². The van der Waals surface area contributed by atoms with Crippen LogP contribution >= 0.6 is 0 Å². The lowest BCUT2D eigenvalue weighted by atomic mass is 10.1. The van der Waals surface area contributed by atoms with Gasteiger partial charge in [-0.1, -0.05) is 43.7 Å². The van der Waals surface area contributed by atoms with Gasteiger partial charge in [-0.05, 0) is 31.4 Å². The van der Waals surface area contributed by atoms with Gasteiger partial charge in [0.25, 0.3) is 0 Å². The quantitative estimate of drug-likeness (QED) is 0.727. The maximum absolute atomic E-state index is 2.61. The van der Waals surface area contributed by atoms with Crippen LogP contribution in [0.1, 0.15) is 38.3 Å². The van der Waals surface area contributed by atoms with Crippen LogP contribution in [0.4, 0.5) is 0 Å². The summed E-state index contributed by atoms with van der Waals surface area (Å²) in [5.41, 5.74) is 1.45. The molecule has 1 saturated heterocycles. The molecule has 0 bridgehead atoms. The molecule has 0 radical (unpaired) electrons. The van der Waals surface area contributed by atoms with Crippen LogP contribution in [-0.2, 0) is 0 Å². The molecule has 0 aliphatic carbocycles. The SMILES string of the molecule is CC[C@H]1CCN([C@@H](C)c2ccccc2)C1. The highest BCUT2D eigenvalue weighted by Crippen LogP contribution is 2.28. The van der Waals surface area contributed by atoms with Crippen molar-refractivity contribution in [1.82, 2.24) is 4.90 Å². The molecule has 0 unspecified atom stereocenters. The third-order valence-electron chi connectivity index (χ3n) is 3.72. The minimum absolute atomic E-state index is 0.586. The molecule has 2 rings (SSSR count). The van der Waals surface area contributed by atoms with E-state index in [1.807, 2.05) is 0 Å². The van der Waals surface area contributed by atoms with Gasteiger partial charge in [-0.25, -0.2) is 0 Å². The number of hydrogen-bond donors (Lipinski definition) is 0. The standard InChI is InChI=1S/C14H21N/c1-3-13-9-10-15(11-13)12(2)14-7-5-4-6-8-14/h4-8,12-13H,3,9-11H2,1-2H3/t12-,13-/m0/s1. The molecule has 1 nitrogen and oxygen atoms in total. The number of likely N-dealkylation sites (tertiary alicyclic amines) is 1. The van der Waals surface area contributed by atoms with Crippen molar-refractivity contribution in [1.29, 1.82) is 0 Å². The van der Waals surface area contributed by atoms with E-state index in [1.165, 1.54) is 31.5 Å². The molecule has 2 atom stereocenters. The van der Waals surface area contributed by atoms with Crippen LogP contribution in [0, 0.1) is 5.92 Å². The summed E-state index contributed by atoms with van der Waals surface area (Å²) < 4.78 is 0. The number of hydrogen-bond acceptors (Lipinski definition) is 1. The Kier molecular flexibility index (Phi) is 3.42.